The quantitative estimate of drug-likeness (QED) is 0.311. The summed E-state index contributed by atoms with van der Waals surface area (Å²) in [6.45, 7) is 1.85. The average Bonchev–Trinajstić information content (AvgIpc) is 3.17. The van der Waals surface area contributed by atoms with Crippen LogP contribution in [0.4, 0.5) is 13.2 Å². The molecule has 0 aromatic heterocycles. The summed E-state index contributed by atoms with van der Waals surface area (Å²) in [6, 6.07) is 22.0. The number of halogens is 3. The van der Waals surface area contributed by atoms with Crippen LogP contribution in [0.2, 0.25) is 0 Å². The van der Waals surface area contributed by atoms with Gasteiger partial charge in [0.2, 0.25) is 0 Å². The van der Waals surface area contributed by atoms with Gasteiger partial charge in [-0.25, -0.2) is 4.79 Å². The molecule has 6 heteroatoms. The van der Waals surface area contributed by atoms with Gasteiger partial charge in [0.25, 0.3) is 0 Å². The van der Waals surface area contributed by atoms with Gasteiger partial charge in [-0.3, -0.25) is 0 Å². The maximum absolute atomic E-state index is 12.9. The maximum Gasteiger partial charge on any atom is 0.416 e. The monoisotopic (exact) mass is 487 g/mol. The Morgan fingerprint density at radius 3 is 2.17 bits per heavy atom. The Balaban J connectivity index is 1.55. The summed E-state index contributed by atoms with van der Waals surface area (Å²) < 4.78 is 38.8. The molecule has 0 amide bonds. The lowest BCUT2D eigenvalue weighted by Crippen LogP contribution is -2.12. The van der Waals surface area contributed by atoms with Crippen LogP contribution >= 0.6 is 0 Å². The van der Waals surface area contributed by atoms with E-state index in [0.29, 0.717) is 16.5 Å². The molecule has 0 fully saturated rings. The Hall–Kier alpha value is -3.90. The van der Waals surface area contributed by atoms with Crippen molar-refractivity contribution in [3.63, 3.8) is 0 Å². The summed E-state index contributed by atoms with van der Waals surface area (Å²) in [5, 5.41) is 14.7. The number of carboxylic acid groups (broad SMARTS) is 1. The predicted molar refractivity (Wildman–Crippen MR) is 137 cm³/mol. The number of alkyl halides is 3. The Labute approximate surface area is 206 Å². The van der Waals surface area contributed by atoms with Crippen LogP contribution in [0.15, 0.2) is 84.9 Å². The van der Waals surface area contributed by atoms with Crippen molar-refractivity contribution in [3.8, 4) is 22.3 Å². The summed E-state index contributed by atoms with van der Waals surface area (Å²) in [6.07, 6.45) is -0.0890. The SMILES string of the molecule is O=C(O)c1cc(-c2ccc(C3=CCNCCC3)cc2)c2ccc(-c3ccc(C(F)(F)F)cc3)cc2c1. The molecule has 1 heterocycles. The third-order valence-electron chi connectivity index (χ3n) is 6.60. The van der Waals surface area contributed by atoms with Gasteiger partial charge in [-0.15, -0.1) is 0 Å². The molecule has 0 saturated heterocycles. The number of carboxylic acids is 1. The van der Waals surface area contributed by atoms with Crippen LogP contribution < -0.4 is 5.32 Å². The van der Waals surface area contributed by atoms with E-state index < -0.39 is 17.7 Å². The van der Waals surface area contributed by atoms with Crippen molar-refractivity contribution < 1.29 is 23.1 Å². The van der Waals surface area contributed by atoms with Gasteiger partial charge in [0, 0.05) is 6.54 Å². The summed E-state index contributed by atoms with van der Waals surface area (Å²) in [7, 11) is 0. The molecule has 4 aromatic carbocycles. The number of rotatable bonds is 4. The van der Waals surface area contributed by atoms with Gasteiger partial charge in [-0.05, 0) is 93.9 Å². The predicted octanol–water partition coefficient (Wildman–Crippen LogP) is 7.66. The van der Waals surface area contributed by atoms with E-state index in [0.717, 1.165) is 60.1 Å². The van der Waals surface area contributed by atoms with Crippen LogP contribution in [0.5, 0.6) is 0 Å². The van der Waals surface area contributed by atoms with Crippen LogP contribution in [0.3, 0.4) is 0 Å². The molecule has 182 valence electrons. The molecule has 1 aliphatic heterocycles. The summed E-state index contributed by atoms with van der Waals surface area (Å²) in [5.41, 5.74) is 4.96. The lowest BCUT2D eigenvalue weighted by Gasteiger charge is -2.13. The lowest BCUT2D eigenvalue weighted by molar-refractivity contribution is -0.137. The first kappa shape index (κ1) is 23.8. The highest BCUT2D eigenvalue weighted by Gasteiger charge is 2.30. The zero-order valence-electron chi connectivity index (χ0n) is 19.4. The van der Waals surface area contributed by atoms with Gasteiger partial charge in [0.05, 0.1) is 11.1 Å². The third kappa shape index (κ3) is 4.90. The van der Waals surface area contributed by atoms with Gasteiger partial charge in [0.15, 0.2) is 0 Å². The number of hydrogen-bond acceptors (Lipinski definition) is 2. The van der Waals surface area contributed by atoms with Crippen molar-refractivity contribution in [2.24, 2.45) is 0 Å². The van der Waals surface area contributed by atoms with Crippen molar-refractivity contribution in [1.29, 1.82) is 0 Å². The van der Waals surface area contributed by atoms with Gasteiger partial charge < -0.3 is 10.4 Å². The topological polar surface area (TPSA) is 49.3 Å². The van der Waals surface area contributed by atoms with Crippen molar-refractivity contribution in [2.45, 2.75) is 19.0 Å². The van der Waals surface area contributed by atoms with Crippen LogP contribution in [-0.2, 0) is 6.18 Å². The molecule has 0 radical (unpaired) electrons. The average molecular weight is 488 g/mol. The normalized spacial score (nSPS) is 14.4. The van der Waals surface area contributed by atoms with Gasteiger partial charge in [-0.2, -0.15) is 13.2 Å². The second-order valence-electron chi connectivity index (χ2n) is 8.95. The Bertz CT molecular complexity index is 1450. The number of benzene rings is 4. The Morgan fingerprint density at radius 1 is 0.806 bits per heavy atom. The van der Waals surface area contributed by atoms with Crippen molar-refractivity contribution >= 4 is 22.3 Å². The molecule has 5 rings (SSSR count). The minimum Gasteiger partial charge on any atom is -0.478 e. The zero-order valence-corrected chi connectivity index (χ0v) is 19.4. The van der Waals surface area contributed by atoms with E-state index >= 15 is 0 Å². The highest BCUT2D eigenvalue weighted by Crippen LogP contribution is 2.35. The number of allylic oxidation sites excluding steroid dienone is 1. The fourth-order valence-electron chi connectivity index (χ4n) is 4.69. The first-order valence-electron chi connectivity index (χ1n) is 11.8. The molecule has 0 bridgehead atoms. The molecular weight excluding hydrogens is 463 g/mol. The number of carbonyl (C=O) groups is 1. The van der Waals surface area contributed by atoms with Crippen LogP contribution in [0.25, 0.3) is 38.6 Å². The molecule has 36 heavy (non-hydrogen) atoms. The van der Waals surface area contributed by atoms with Gasteiger partial charge >= 0.3 is 12.1 Å². The molecule has 3 nitrogen and oxygen atoms in total. The maximum atomic E-state index is 12.9. The largest absolute Gasteiger partial charge is 0.478 e. The van der Waals surface area contributed by atoms with Crippen molar-refractivity contribution in [3.05, 3.63) is 102 Å². The van der Waals surface area contributed by atoms with Gasteiger partial charge in [-0.1, -0.05) is 54.6 Å². The fraction of sp³-hybridized carbons (Fsp3) is 0.167. The van der Waals surface area contributed by atoms with Gasteiger partial charge in [0.1, 0.15) is 0 Å². The third-order valence-corrected chi connectivity index (χ3v) is 6.60. The molecule has 1 aliphatic rings. The second kappa shape index (κ2) is 9.63. The lowest BCUT2D eigenvalue weighted by atomic mass is 9.91. The number of fused-ring (bicyclic) bond motifs is 1. The smallest absolute Gasteiger partial charge is 0.416 e. The molecular formula is C30H24F3NO2. The summed E-state index contributed by atoms with van der Waals surface area (Å²) in [5.74, 6) is -1.04. The first-order chi connectivity index (χ1) is 17.3. The van der Waals surface area contributed by atoms with Crippen LogP contribution in [-0.4, -0.2) is 24.2 Å². The first-order valence-corrected chi connectivity index (χ1v) is 11.8. The zero-order chi connectivity index (χ0) is 25.3. The van der Waals surface area contributed by atoms with E-state index in [4.69, 9.17) is 0 Å². The molecule has 4 aromatic rings. The fourth-order valence-corrected chi connectivity index (χ4v) is 4.69. The highest BCUT2D eigenvalue weighted by molar-refractivity contribution is 6.04. The van der Waals surface area contributed by atoms with Crippen molar-refractivity contribution in [1.82, 2.24) is 5.32 Å². The molecule has 0 aliphatic carbocycles. The van der Waals surface area contributed by atoms with Crippen LogP contribution in [0, 0.1) is 0 Å². The number of aromatic carboxylic acids is 1. The molecule has 0 spiro atoms. The Morgan fingerprint density at radius 2 is 1.47 bits per heavy atom. The summed E-state index contributed by atoms with van der Waals surface area (Å²) in [4.78, 5) is 11.9. The van der Waals surface area contributed by atoms with Crippen molar-refractivity contribution in [2.75, 3.05) is 13.1 Å². The minimum atomic E-state index is -4.40. The van der Waals surface area contributed by atoms with E-state index in [1.54, 1.807) is 12.1 Å². The second-order valence-corrected chi connectivity index (χ2v) is 8.95. The number of hydrogen-bond donors (Lipinski definition) is 2. The molecule has 0 unspecified atom stereocenters. The highest BCUT2D eigenvalue weighted by atomic mass is 19.4. The molecule has 0 atom stereocenters. The number of nitrogens with one attached hydrogen (secondary N) is 1. The summed E-state index contributed by atoms with van der Waals surface area (Å²) >= 11 is 0. The van der Waals surface area contributed by atoms with E-state index in [-0.39, 0.29) is 5.56 Å². The van der Waals surface area contributed by atoms with E-state index in [2.05, 4.69) is 23.5 Å². The minimum absolute atomic E-state index is 0.156. The van der Waals surface area contributed by atoms with E-state index in [9.17, 15) is 23.1 Å². The van der Waals surface area contributed by atoms with Crippen LogP contribution in [0.1, 0.15) is 34.3 Å². The van der Waals surface area contributed by atoms with E-state index in [1.165, 1.54) is 17.7 Å². The standard InChI is InChI=1S/C30H24F3NO2/c31-30(32,33)26-10-7-21(8-11-26)23-9-12-27-24(16-23)17-25(29(35)36)18-28(27)22-5-3-20(4-6-22)19-2-1-14-34-15-13-19/h3-13,16-18,34H,1-2,14-15H2,(H,35,36). The molecule has 2 N–H and O–H groups in total. The Kier molecular flexibility index (Phi) is 6.37. The molecule has 0 saturated carbocycles. The van der Waals surface area contributed by atoms with E-state index in [1.807, 2.05) is 30.3 Å².